The second-order valence-electron chi connectivity index (χ2n) is 5.92. The molecule has 0 saturated heterocycles. The number of anilines is 2. The van der Waals surface area contributed by atoms with Crippen LogP contribution in [0.25, 0.3) is 21.8 Å². The number of para-hydroxylation sites is 1. The molecule has 0 radical (unpaired) electrons. The van der Waals surface area contributed by atoms with Crippen LogP contribution in [-0.2, 0) is 12.7 Å². The average molecular weight is 356 g/mol. The second kappa shape index (κ2) is 6.01. The molecule has 4 aromatic rings. The Kier molecular flexibility index (Phi) is 3.79. The van der Waals surface area contributed by atoms with Crippen molar-refractivity contribution in [2.45, 2.75) is 19.6 Å². The monoisotopic (exact) mass is 356 g/mol. The van der Waals surface area contributed by atoms with E-state index >= 15 is 0 Å². The molecule has 0 saturated carbocycles. The largest absolute Gasteiger partial charge is 0.435 e. The van der Waals surface area contributed by atoms with Crippen LogP contribution in [0, 0.1) is 0 Å². The van der Waals surface area contributed by atoms with Gasteiger partial charge in [-0.2, -0.15) is 13.2 Å². The van der Waals surface area contributed by atoms with Crippen molar-refractivity contribution in [1.29, 1.82) is 0 Å². The lowest BCUT2D eigenvalue weighted by molar-refractivity contribution is -0.141. The molecule has 1 N–H and O–H groups in total. The predicted octanol–water partition coefficient (Wildman–Crippen LogP) is 5.37. The van der Waals surface area contributed by atoms with Gasteiger partial charge in [0.15, 0.2) is 11.5 Å². The third-order valence-electron chi connectivity index (χ3n) is 4.32. The van der Waals surface area contributed by atoms with E-state index < -0.39 is 11.9 Å². The molecular formula is C19H15F3N4. The highest BCUT2D eigenvalue weighted by molar-refractivity contribution is 6.09. The van der Waals surface area contributed by atoms with Gasteiger partial charge in [0.05, 0.1) is 0 Å². The maximum atomic E-state index is 12.6. The van der Waals surface area contributed by atoms with Crippen LogP contribution in [-0.4, -0.2) is 14.8 Å². The van der Waals surface area contributed by atoms with Crippen LogP contribution in [0.5, 0.6) is 0 Å². The molecular weight excluding hydrogens is 341 g/mol. The van der Waals surface area contributed by atoms with Gasteiger partial charge in [-0.3, -0.25) is 0 Å². The summed E-state index contributed by atoms with van der Waals surface area (Å²) in [5, 5.41) is 12.1. The maximum absolute atomic E-state index is 12.6. The molecule has 132 valence electrons. The molecule has 4 nitrogen and oxygen atoms in total. The second-order valence-corrected chi connectivity index (χ2v) is 5.92. The van der Waals surface area contributed by atoms with Crippen molar-refractivity contribution < 1.29 is 13.2 Å². The fourth-order valence-electron chi connectivity index (χ4n) is 3.17. The Morgan fingerprint density at radius 2 is 1.69 bits per heavy atom. The normalized spacial score (nSPS) is 12.0. The van der Waals surface area contributed by atoms with Crippen molar-refractivity contribution in [2.75, 3.05) is 5.32 Å². The zero-order valence-electron chi connectivity index (χ0n) is 13.9. The average Bonchev–Trinajstić information content (AvgIpc) is 2.94. The number of halogens is 3. The summed E-state index contributed by atoms with van der Waals surface area (Å²) in [4.78, 5) is 0. The van der Waals surface area contributed by atoms with Gasteiger partial charge in [0.2, 0.25) is 0 Å². The summed E-state index contributed by atoms with van der Waals surface area (Å²) >= 11 is 0. The van der Waals surface area contributed by atoms with E-state index in [2.05, 4.69) is 39.1 Å². The maximum Gasteiger partial charge on any atom is 0.435 e. The summed E-state index contributed by atoms with van der Waals surface area (Å²) < 4.78 is 40.0. The highest BCUT2D eigenvalue weighted by atomic mass is 19.4. The molecule has 0 aliphatic heterocycles. The van der Waals surface area contributed by atoms with E-state index in [0.717, 1.165) is 40.1 Å². The predicted molar refractivity (Wildman–Crippen MR) is 95.4 cm³/mol. The van der Waals surface area contributed by atoms with Crippen molar-refractivity contribution in [3.8, 4) is 0 Å². The molecule has 0 aliphatic rings. The van der Waals surface area contributed by atoms with E-state index in [9.17, 15) is 13.2 Å². The molecule has 0 aliphatic carbocycles. The third kappa shape index (κ3) is 2.75. The van der Waals surface area contributed by atoms with Gasteiger partial charge in [0, 0.05) is 34.0 Å². The third-order valence-corrected chi connectivity index (χ3v) is 4.32. The van der Waals surface area contributed by atoms with E-state index in [-0.39, 0.29) is 5.82 Å². The Morgan fingerprint density at radius 3 is 2.38 bits per heavy atom. The van der Waals surface area contributed by atoms with Gasteiger partial charge >= 0.3 is 6.18 Å². The van der Waals surface area contributed by atoms with Gasteiger partial charge in [-0.05, 0) is 43.3 Å². The van der Waals surface area contributed by atoms with Crippen molar-refractivity contribution in [2.24, 2.45) is 0 Å². The molecule has 0 fully saturated rings. The van der Waals surface area contributed by atoms with Crippen molar-refractivity contribution >= 4 is 33.3 Å². The van der Waals surface area contributed by atoms with Crippen molar-refractivity contribution in [3.63, 3.8) is 0 Å². The Hall–Kier alpha value is -3.09. The highest BCUT2D eigenvalue weighted by Gasteiger charge is 2.32. The fourth-order valence-corrected chi connectivity index (χ4v) is 3.17. The minimum atomic E-state index is -4.49. The van der Waals surface area contributed by atoms with E-state index in [1.54, 1.807) is 0 Å². The number of nitrogens with zero attached hydrogens (tertiary/aromatic N) is 3. The zero-order valence-corrected chi connectivity index (χ0v) is 13.9. The summed E-state index contributed by atoms with van der Waals surface area (Å²) in [5.41, 5.74) is 1.99. The van der Waals surface area contributed by atoms with E-state index in [0.29, 0.717) is 0 Å². The van der Waals surface area contributed by atoms with Crippen LogP contribution in [0.3, 0.4) is 0 Å². The molecule has 0 atom stereocenters. The first-order valence-corrected chi connectivity index (χ1v) is 8.16. The van der Waals surface area contributed by atoms with Crippen molar-refractivity contribution in [1.82, 2.24) is 14.8 Å². The molecule has 0 bridgehead atoms. The SMILES string of the molecule is CCn1c2ccccc2c2cc(Nc3ccc(C(F)(F)F)nn3)ccc21. The molecule has 0 amide bonds. The summed E-state index contributed by atoms with van der Waals surface area (Å²) in [6.07, 6.45) is -4.49. The first kappa shape index (κ1) is 16.4. The lowest BCUT2D eigenvalue weighted by Gasteiger charge is -2.08. The van der Waals surface area contributed by atoms with Crippen LogP contribution < -0.4 is 5.32 Å². The molecule has 2 aromatic carbocycles. The number of aromatic nitrogens is 3. The minimum absolute atomic E-state index is 0.261. The molecule has 2 aromatic heterocycles. The number of hydrogen-bond donors (Lipinski definition) is 1. The quantitative estimate of drug-likeness (QED) is 0.537. The van der Waals surface area contributed by atoms with Gasteiger partial charge in [-0.25, -0.2) is 0 Å². The van der Waals surface area contributed by atoms with Crippen LogP contribution in [0.15, 0.2) is 54.6 Å². The molecule has 2 heterocycles. The van der Waals surface area contributed by atoms with Gasteiger partial charge in [-0.1, -0.05) is 18.2 Å². The summed E-state index contributed by atoms with van der Waals surface area (Å²) in [5.74, 6) is 0.261. The van der Waals surface area contributed by atoms with Crippen molar-refractivity contribution in [3.05, 3.63) is 60.3 Å². The van der Waals surface area contributed by atoms with E-state index in [1.807, 2.05) is 30.3 Å². The van der Waals surface area contributed by atoms with E-state index in [4.69, 9.17) is 0 Å². The number of fused-ring (bicyclic) bond motifs is 3. The number of nitrogens with one attached hydrogen (secondary N) is 1. The molecule has 0 spiro atoms. The first-order valence-electron chi connectivity index (χ1n) is 8.16. The number of alkyl halides is 3. The first-order chi connectivity index (χ1) is 12.5. The number of rotatable bonds is 3. The van der Waals surface area contributed by atoms with E-state index in [1.165, 1.54) is 6.07 Å². The van der Waals surface area contributed by atoms with Gasteiger partial charge < -0.3 is 9.88 Å². The molecule has 7 heteroatoms. The minimum Gasteiger partial charge on any atom is -0.341 e. The Bertz CT molecular complexity index is 1080. The van der Waals surface area contributed by atoms with Gasteiger partial charge in [0.1, 0.15) is 0 Å². The topological polar surface area (TPSA) is 42.7 Å². The van der Waals surface area contributed by atoms with Crippen LogP contribution in [0.2, 0.25) is 0 Å². The van der Waals surface area contributed by atoms with Gasteiger partial charge in [0.25, 0.3) is 0 Å². The molecule has 26 heavy (non-hydrogen) atoms. The summed E-state index contributed by atoms with van der Waals surface area (Å²) in [7, 11) is 0. The number of benzene rings is 2. The Balaban J connectivity index is 1.73. The fraction of sp³-hybridized carbons (Fsp3) is 0.158. The van der Waals surface area contributed by atoms with Gasteiger partial charge in [-0.15, -0.1) is 10.2 Å². The van der Waals surface area contributed by atoms with Crippen LogP contribution in [0.1, 0.15) is 12.6 Å². The Labute approximate surface area is 147 Å². The molecule has 4 rings (SSSR count). The zero-order chi connectivity index (χ0) is 18.3. The van der Waals surface area contributed by atoms with Crippen LogP contribution in [0.4, 0.5) is 24.7 Å². The molecule has 0 unspecified atom stereocenters. The number of aryl methyl sites for hydroxylation is 1. The number of hydrogen-bond acceptors (Lipinski definition) is 3. The standard InChI is InChI=1S/C19H15F3N4/c1-2-26-15-6-4-3-5-13(15)14-11-12(7-8-16(14)26)23-18-10-9-17(24-25-18)19(20,21)22/h3-11H,2H2,1H3,(H,23,25). The summed E-state index contributed by atoms with van der Waals surface area (Å²) in [6.45, 7) is 2.94. The lowest BCUT2D eigenvalue weighted by Crippen LogP contribution is -2.09. The Morgan fingerprint density at radius 1 is 0.923 bits per heavy atom. The smallest absolute Gasteiger partial charge is 0.341 e. The van der Waals surface area contributed by atoms with Crippen LogP contribution >= 0.6 is 0 Å². The summed E-state index contributed by atoms with van der Waals surface area (Å²) in [6, 6.07) is 16.2. The highest BCUT2D eigenvalue weighted by Crippen LogP contribution is 2.32. The lowest BCUT2D eigenvalue weighted by atomic mass is 10.1.